The highest BCUT2D eigenvalue weighted by molar-refractivity contribution is 5.87. The minimum absolute atomic E-state index is 0.160. The number of imidazole rings is 1. The molecule has 0 aromatic carbocycles. The van der Waals surface area contributed by atoms with E-state index in [2.05, 4.69) is 14.6 Å². The van der Waals surface area contributed by atoms with Gasteiger partial charge in [-0.1, -0.05) is 0 Å². The van der Waals surface area contributed by atoms with Crippen LogP contribution in [0.2, 0.25) is 0 Å². The molecule has 6 nitrogen and oxygen atoms in total. The summed E-state index contributed by atoms with van der Waals surface area (Å²) in [7, 11) is 3.00. The van der Waals surface area contributed by atoms with E-state index in [4.69, 9.17) is 5.90 Å². The van der Waals surface area contributed by atoms with Crippen LogP contribution < -0.4 is 5.90 Å². The number of carbonyl (C=O) groups is 1. The molecule has 0 saturated carbocycles. The van der Waals surface area contributed by atoms with Crippen molar-refractivity contribution in [2.24, 2.45) is 12.9 Å². The molecule has 0 unspecified atom stereocenters. The Morgan fingerprint density at radius 2 is 2.46 bits per heavy atom. The van der Waals surface area contributed by atoms with Gasteiger partial charge in [-0.15, -0.1) is 0 Å². The molecule has 1 aromatic heterocycles. The molecule has 0 radical (unpaired) electrons. The fourth-order valence-electron chi connectivity index (χ4n) is 0.951. The minimum atomic E-state index is -0.432. The number of methoxy groups -OCH3 is 1. The van der Waals surface area contributed by atoms with Crippen molar-refractivity contribution in [1.82, 2.24) is 9.55 Å². The second kappa shape index (κ2) is 4.01. The van der Waals surface area contributed by atoms with E-state index in [1.807, 2.05) is 0 Å². The third-order valence-electron chi connectivity index (χ3n) is 1.69. The lowest BCUT2D eigenvalue weighted by Gasteiger charge is -2.02. The van der Waals surface area contributed by atoms with Crippen LogP contribution in [0, 0.1) is 0 Å². The van der Waals surface area contributed by atoms with Gasteiger partial charge in [0, 0.05) is 7.05 Å². The first kappa shape index (κ1) is 9.69. The summed E-state index contributed by atoms with van der Waals surface area (Å²) < 4.78 is 6.10. The molecule has 1 heterocycles. The lowest BCUT2D eigenvalue weighted by atomic mass is 10.5. The molecule has 0 aliphatic carbocycles. The average Bonchev–Trinajstić information content (AvgIpc) is 2.48. The summed E-state index contributed by atoms with van der Waals surface area (Å²) in [4.78, 5) is 19.4. The van der Waals surface area contributed by atoms with Crippen molar-refractivity contribution in [2.45, 2.75) is 6.61 Å². The van der Waals surface area contributed by atoms with Gasteiger partial charge in [0.2, 0.25) is 0 Å². The van der Waals surface area contributed by atoms with Gasteiger partial charge in [-0.25, -0.2) is 15.7 Å². The number of hydrogen-bond acceptors (Lipinski definition) is 5. The second-order valence-corrected chi connectivity index (χ2v) is 2.42. The smallest absolute Gasteiger partial charge is 0.356 e. The zero-order valence-corrected chi connectivity index (χ0v) is 7.48. The maximum Gasteiger partial charge on any atom is 0.356 e. The van der Waals surface area contributed by atoms with E-state index in [0.717, 1.165) is 0 Å². The maximum absolute atomic E-state index is 11.1. The van der Waals surface area contributed by atoms with Crippen molar-refractivity contribution < 1.29 is 14.4 Å². The van der Waals surface area contributed by atoms with Crippen LogP contribution >= 0.6 is 0 Å². The predicted molar refractivity (Wildman–Crippen MR) is 43.5 cm³/mol. The largest absolute Gasteiger partial charge is 0.464 e. The quantitative estimate of drug-likeness (QED) is 0.512. The zero-order chi connectivity index (χ0) is 9.84. The Morgan fingerprint density at radius 3 is 3.00 bits per heavy atom. The van der Waals surface area contributed by atoms with Crippen molar-refractivity contribution in [3.05, 3.63) is 17.7 Å². The highest BCUT2D eigenvalue weighted by Gasteiger charge is 2.13. The molecule has 1 aromatic rings. The van der Waals surface area contributed by atoms with Crippen LogP contribution in [-0.4, -0.2) is 22.6 Å². The van der Waals surface area contributed by atoms with Crippen LogP contribution in [-0.2, 0) is 23.2 Å². The highest BCUT2D eigenvalue weighted by Crippen LogP contribution is 2.04. The van der Waals surface area contributed by atoms with Crippen molar-refractivity contribution in [3.63, 3.8) is 0 Å². The van der Waals surface area contributed by atoms with Crippen molar-refractivity contribution >= 4 is 5.97 Å². The van der Waals surface area contributed by atoms with Gasteiger partial charge in [0.15, 0.2) is 0 Å². The molecule has 0 amide bonds. The van der Waals surface area contributed by atoms with Gasteiger partial charge in [-0.2, -0.15) is 0 Å². The number of hydrogen-bond donors (Lipinski definition) is 1. The van der Waals surface area contributed by atoms with Crippen molar-refractivity contribution in [2.75, 3.05) is 7.11 Å². The molecule has 0 fully saturated rings. The third-order valence-corrected chi connectivity index (χ3v) is 1.69. The summed E-state index contributed by atoms with van der Waals surface area (Å²) >= 11 is 0. The molecule has 0 spiro atoms. The fourth-order valence-corrected chi connectivity index (χ4v) is 0.951. The van der Waals surface area contributed by atoms with Crippen LogP contribution in [0.1, 0.15) is 16.3 Å². The summed E-state index contributed by atoms with van der Waals surface area (Å²) in [6.07, 6.45) is 1.42. The average molecular weight is 185 g/mol. The Labute approximate surface area is 75.2 Å². The molecule has 72 valence electrons. The first-order valence-electron chi connectivity index (χ1n) is 3.61. The highest BCUT2D eigenvalue weighted by atomic mass is 16.6. The predicted octanol–water partition coefficient (Wildman–Crippen LogP) is -0.403. The molecule has 13 heavy (non-hydrogen) atoms. The van der Waals surface area contributed by atoms with Gasteiger partial charge in [-0.05, 0) is 0 Å². The van der Waals surface area contributed by atoms with Crippen LogP contribution in [0.25, 0.3) is 0 Å². The first-order valence-corrected chi connectivity index (χ1v) is 3.61. The Kier molecular flexibility index (Phi) is 2.99. The van der Waals surface area contributed by atoms with Gasteiger partial charge in [0.05, 0.1) is 13.3 Å². The van der Waals surface area contributed by atoms with E-state index >= 15 is 0 Å². The van der Waals surface area contributed by atoms with E-state index in [-0.39, 0.29) is 6.61 Å². The number of nitrogens with two attached hydrogens (primary N) is 1. The standard InChI is InChI=1S/C7H11N3O3/c1-10-5(7(11)12-2)3-9-6(10)4-13-8/h3H,4,8H2,1-2H3. The number of carbonyl (C=O) groups excluding carboxylic acids is 1. The lowest BCUT2D eigenvalue weighted by molar-refractivity contribution is 0.0588. The number of aromatic nitrogens is 2. The van der Waals surface area contributed by atoms with Crippen LogP contribution in [0.3, 0.4) is 0 Å². The van der Waals surface area contributed by atoms with Crippen molar-refractivity contribution in [1.29, 1.82) is 0 Å². The van der Waals surface area contributed by atoms with E-state index in [1.54, 1.807) is 11.6 Å². The number of nitrogens with zero attached hydrogens (tertiary/aromatic N) is 2. The first-order chi connectivity index (χ1) is 6.20. The molecular formula is C7H11N3O3. The Morgan fingerprint density at radius 1 is 1.77 bits per heavy atom. The Bertz CT molecular complexity index is 308. The molecule has 2 N–H and O–H groups in total. The SMILES string of the molecule is COC(=O)c1cnc(CON)n1C. The van der Waals surface area contributed by atoms with Gasteiger partial charge >= 0.3 is 5.97 Å². The van der Waals surface area contributed by atoms with E-state index in [9.17, 15) is 4.79 Å². The lowest BCUT2D eigenvalue weighted by Crippen LogP contribution is -2.11. The zero-order valence-electron chi connectivity index (χ0n) is 7.48. The molecule has 0 aliphatic rings. The molecule has 0 saturated heterocycles. The summed E-state index contributed by atoms with van der Waals surface area (Å²) in [5, 5.41) is 0. The molecule has 6 heteroatoms. The fraction of sp³-hybridized carbons (Fsp3) is 0.429. The minimum Gasteiger partial charge on any atom is -0.464 e. The van der Waals surface area contributed by atoms with Crippen LogP contribution in [0.4, 0.5) is 0 Å². The molecule has 1 rings (SSSR count). The van der Waals surface area contributed by atoms with E-state index in [0.29, 0.717) is 11.5 Å². The summed E-state index contributed by atoms with van der Waals surface area (Å²) in [5.74, 6) is 5.02. The second-order valence-electron chi connectivity index (χ2n) is 2.42. The van der Waals surface area contributed by atoms with E-state index < -0.39 is 5.97 Å². The molecule has 0 bridgehead atoms. The van der Waals surface area contributed by atoms with Gasteiger partial charge in [0.1, 0.15) is 18.1 Å². The topological polar surface area (TPSA) is 79.4 Å². The summed E-state index contributed by atoms with van der Waals surface area (Å²) in [6.45, 7) is 0.160. The van der Waals surface area contributed by atoms with Crippen LogP contribution in [0.15, 0.2) is 6.20 Å². The van der Waals surface area contributed by atoms with Crippen molar-refractivity contribution in [3.8, 4) is 0 Å². The number of esters is 1. The molecular weight excluding hydrogens is 174 g/mol. The molecule has 0 atom stereocenters. The monoisotopic (exact) mass is 185 g/mol. The third kappa shape index (κ3) is 1.85. The summed E-state index contributed by atoms with van der Waals surface area (Å²) in [6, 6.07) is 0. The van der Waals surface area contributed by atoms with Gasteiger partial charge in [-0.3, -0.25) is 4.84 Å². The number of rotatable bonds is 3. The van der Waals surface area contributed by atoms with E-state index in [1.165, 1.54) is 13.3 Å². The van der Waals surface area contributed by atoms with Gasteiger partial charge < -0.3 is 9.30 Å². The van der Waals surface area contributed by atoms with Gasteiger partial charge in [0.25, 0.3) is 0 Å². The number of ether oxygens (including phenoxy) is 1. The normalized spacial score (nSPS) is 10.1. The molecule has 0 aliphatic heterocycles. The maximum atomic E-state index is 11.1. The van der Waals surface area contributed by atoms with Crippen LogP contribution in [0.5, 0.6) is 0 Å². The summed E-state index contributed by atoms with van der Waals surface area (Å²) in [5.41, 5.74) is 0.370. The Hall–Kier alpha value is -1.40. The Balaban J connectivity index is 2.92.